The Hall–Kier alpha value is -2.36. The number of ether oxygens (including phenoxy) is 1. The van der Waals surface area contributed by atoms with Crippen molar-refractivity contribution in [1.82, 2.24) is 0 Å². The Morgan fingerprint density at radius 2 is 1.84 bits per heavy atom. The van der Waals surface area contributed by atoms with Crippen molar-refractivity contribution in [3.63, 3.8) is 0 Å². The second kappa shape index (κ2) is 6.00. The molecule has 0 aromatic heterocycles. The van der Waals surface area contributed by atoms with E-state index in [9.17, 15) is 9.18 Å². The van der Waals surface area contributed by atoms with Crippen molar-refractivity contribution < 1.29 is 13.9 Å². The Bertz CT molecular complexity index is 584. The molecule has 0 saturated heterocycles. The minimum absolute atomic E-state index is 0.273. The average molecular weight is 259 g/mol. The lowest BCUT2D eigenvalue weighted by atomic mass is 10.1. The molecule has 2 aromatic rings. The lowest BCUT2D eigenvalue weighted by Crippen LogP contribution is -2.08. The number of para-hydroxylation sites is 1. The standard InChI is InChI=1S/C15H14FNO2/c1-19-15(18)12-7-3-5-9-14(12)17-10-11-6-2-4-8-13(11)16/h2-9,17H,10H2,1H3. The van der Waals surface area contributed by atoms with Crippen LogP contribution in [0.3, 0.4) is 0 Å². The predicted molar refractivity (Wildman–Crippen MR) is 71.5 cm³/mol. The van der Waals surface area contributed by atoms with E-state index in [4.69, 9.17) is 4.74 Å². The van der Waals surface area contributed by atoms with Crippen LogP contribution < -0.4 is 5.32 Å². The molecule has 0 fully saturated rings. The molecular formula is C15H14FNO2. The molecule has 0 aliphatic rings. The minimum Gasteiger partial charge on any atom is -0.465 e. The number of esters is 1. The van der Waals surface area contributed by atoms with Gasteiger partial charge < -0.3 is 10.1 Å². The number of anilines is 1. The van der Waals surface area contributed by atoms with Crippen molar-refractivity contribution in [2.24, 2.45) is 0 Å². The van der Waals surface area contributed by atoms with Gasteiger partial charge in [-0.25, -0.2) is 9.18 Å². The number of carbonyl (C=O) groups is 1. The van der Waals surface area contributed by atoms with Crippen molar-refractivity contribution in [2.45, 2.75) is 6.54 Å². The van der Waals surface area contributed by atoms with E-state index in [0.717, 1.165) is 0 Å². The highest BCUT2D eigenvalue weighted by Gasteiger charge is 2.10. The summed E-state index contributed by atoms with van der Waals surface area (Å²) in [6.45, 7) is 0.306. The quantitative estimate of drug-likeness (QED) is 0.857. The minimum atomic E-state index is -0.420. The number of benzene rings is 2. The zero-order valence-corrected chi connectivity index (χ0v) is 10.5. The fourth-order valence-corrected chi connectivity index (χ4v) is 1.76. The monoisotopic (exact) mass is 259 g/mol. The summed E-state index contributed by atoms with van der Waals surface area (Å²) < 4.78 is 18.2. The maximum absolute atomic E-state index is 13.5. The molecule has 0 saturated carbocycles. The third-order valence-corrected chi connectivity index (χ3v) is 2.76. The Kier molecular flexibility index (Phi) is 4.13. The predicted octanol–water partition coefficient (Wildman–Crippen LogP) is 3.22. The summed E-state index contributed by atoms with van der Waals surface area (Å²) in [5, 5.41) is 3.04. The van der Waals surface area contributed by atoms with E-state index in [0.29, 0.717) is 23.4 Å². The normalized spacial score (nSPS) is 10.0. The van der Waals surface area contributed by atoms with E-state index in [-0.39, 0.29) is 5.82 Å². The van der Waals surface area contributed by atoms with Crippen molar-refractivity contribution in [3.05, 3.63) is 65.5 Å². The van der Waals surface area contributed by atoms with Crippen LogP contribution in [0.4, 0.5) is 10.1 Å². The molecule has 1 N–H and O–H groups in total. The smallest absolute Gasteiger partial charge is 0.339 e. The topological polar surface area (TPSA) is 38.3 Å². The van der Waals surface area contributed by atoms with E-state index in [1.165, 1.54) is 13.2 Å². The zero-order valence-electron chi connectivity index (χ0n) is 10.5. The van der Waals surface area contributed by atoms with Crippen molar-refractivity contribution >= 4 is 11.7 Å². The van der Waals surface area contributed by atoms with Gasteiger partial charge in [-0.2, -0.15) is 0 Å². The number of nitrogens with one attached hydrogen (secondary N) is 1. The van der Waals surface area contributed by atoms with Gasteiger partial charge in [0.05, 0.1) is 12.7 Å². The van der Waals surface area contributed by atoms with Gasteiger partial charge in [-0.15, -0.1) is 0 Å². The SMILES string of the molecule is COC(=O)c1ccccc1NCc1ccccc1F. The molecule has 0 amide bonds. The fraction of sp³-hybridized carbons (Fsp3) is 0.133. The summed E-state index contributed by atoms with van der Waals surface area (Å²) in [5.41, 5.74) is 1.60. The van der Waals surface area contributed by atoms with Gasteiger partial charge in [0.2, 0.25) is 0 Å². The summed E-state index contributed by atoms with van der Waals surface area (Å²) >= 11 is 0. The van der Waals surface area contributed by atoms with E-state index < -0.39 is 5.97 Å². The number of halogens is 1. The third kappa shape index (κ3) is 3.10. The largest absolute Gasteiger partial charge is 0.465 e. The van der Waals surface area contributed by atoms with Crippen LogP contribution in [-0.4, -0.2) is 13.1 Å². The van der Waals surface area contributed by atoms with Crippen LogP contribution in [0.5, 0.6) is 0 Å². The molecule has 0 radical (unpaired) electrons. The van der Waals surface area contributed by atoms with Crippen LogP contribution in [-0.2, 0) is 11.3 Å². The zero-order chi connectivity index (χ0) is 13.7. The second-order valence-corrected chi connectivity index (χ2v) is 3.98. The number of hydrogen-bond acceptors (Lipinski definition) is 3. The summed E-state index contributed by atoms with van der Waals surface area (Å²) in [7, 11) is 1.33. The van der Waals surface area contributed by atoms with Gasteiger partial charge >= 0.3 is 5.97 Å². The molecule has 0 bridgehead atoms. The van der Waals surface area contributed by atoms with Gasteiger partial charge in [0.25, 0.3) is 0 Å². The van der Waals surface area contributed by atoms with Gasteiger partial charge in [-0.1, -0.05) is 30.3 Å². The van der Waals surface area contributed by atoms with Gasteiger partial charge in [0, 0.05) is 17.8 Å². The molecular weight excluding hydrogens is 245 g/mol. The van der Waals surface area contributed by atoms with Crippen LogP contribution in [0, 0.1) is 5.82 Å². The van der Waals surface area contributed by atoms with Gasteiger partial charge in [0.1, 0.15) is 5.82 Å². The average Bonchev–Trinajstić information content (AvgIpc) is 2.46. The van der Waals surface area contributed by atoms with Gasteiger partial charge in [-0.3, -0.25) is 0 Å². The molecule has 0 aliphatic heterocycles. The Morgan fingerprint density at radius 1 is 1.16 bits per heavy atom. The van der Waals surface area contributed by atoms with Crippen LogP contribution >= 0.6 is 0 Å². The summed E-state index contributed by atoms with van der Waals surface area (Å²) in [4.78, 5) is 11.6. The van der Waals surface area contributed by atoms with Gasteiger partial charge in [-0.05, 0) is 18.2 Å². The van der Waals surface area contributed by atoms with Gasteiger partial charge in [0.15, 0.2) is 0 Å². The molecule has 0 aliphatic carbocycles. The molecule has 3 nitrogen and oxygen atoms in total. The van der Waals surface area contributed by atoms with E-state index >= 15 is 0 Å². The lowest BCUT2D eigenvalue weighted by molar-refractivity contribution is 0.0602. The summed E-state index contributed by atoms with van der Waals surface area (Å²) in [5.74, 6) is -0.692. The molecule has 19 heavy (non-hydrogen) atoms. The number of rotatable bonds is 4. The molecule has 2 aromatic carbocycles. The lowest BCUT2D eigenvalue weighted by Gasteiger charge is -2.11. The van der Waals surface area contributed by atoms with E-state index in [2.05, 4.69) is 5.32 Å². The first-order valence-electron chi connectivity index (χ1n) is 5.87. The highest BCUT2D eigenvalue weighted by molar-refractivity contribution is 5.95. The molecule has 0 heterocycles. The maximum Gasteiger partial charge on any atom is 0.339 e. The van der Waals surface area contributed by atoms with Crippen LogP contribution in [0.1, 0.15) is 15.9 Å². The molecule has 98 valence electrons. The van der Waals surface area contributed by atoms with Crippen molar-refractivity contribution in [3.8, 4) is 0 Å². The number of methoxy groups -OCH3 is 1. The first kappa shape index (κ1) is 13.1. The summed E-state index contributed by atoms with van der Waals surface area (Å²) in [6.07, 6.45) is 0. The molecule has 0 spiro atoms. The Labute approximate surface area is 111 Å². The molecule has 0 unspecified atom stereocenters. The fourth-order valence-electron chi connectivity index (χ4n) is 1.76. The number of hydrogen-bond donors (Lipinski definition) is 1. The first-order chi connectivity index (χ1) is 9.22. The third-order valence-electron chi connectivity index (χ3n) is 2.76. The highest BCUT2D eigenvalue weighted by Crippen LogP contribution is 2.17. The van der Waals surface area contributed by atoms with E-state index in [1.807, 2.05) is 0 Å². The van der Waals surface area contributed by atoms with E-state index in [1.54, 1.807) is 42.5 Å². The molecule has 2 rings (SSSR count). The van der Waals surface area contributed by atoms with Crippen molar-refractivity contribution in [2.75, 3.05) is 12.4 Å². The van der Waals surface area contributed by atoms with Crippen LogP contribution in [0.25, 0.3) is 0 Å². The summed E-state index contributed by atoms with van der Waals surface area (Å²) in [6, 6.07) is 13.5. The van der Waals surface area contributed by atoms with Crippen LogP contribution in [0.2, 0.25) is 0 Å². The Morgan fingerprint density at radius 3 is 2.58 bits per heavy atom. The second-order valence-electron chi connectivity index (χ2n) is 3.98. The maximum atomic E-state index is 13.5. The Balaban J connectivity index is 2.16. The highest BCUT2D eigenvalue weighted by atomic mass is 19.1. The molecule has 4 heteroatoms. The van der Waals surface area contributed by atoms with Crippen LogP contribution in [0.15, 0.2) is 48.5 Å². The molecule has 0 atom stereocenters. The number of carbonyl (C=O) groups excluding carboxylic acids is 1. The first-order valence-corrected chi connectivity index (χ1v) is 5.87. The van der Waals surface area contributed by atoms with Crippen molar-refractivity contribution in [1.29, 1.82) is 0 Å².